The van der Waals surface area contributed by atoms with E-state index < -0.39 is 23.5 Å². The Kier molecular flexibility index (Phi) is 6.56. The van der Waals surface area contributed by atoms with E-state index in [1.807, 2.05) is 19.1 Å². The lowest BCUT2D eigenvalue weighted by Crippen LogP contribution is -2.48. The number of H-pyrrole nitrogens is 1. The molecule has 2 heterocycles. The van der Waals surface area contributed by atoms with Crippen molar-refractivity contribution >= 4 is 0 Å². The zero-order valence-corrected chi connectivity index (χ0v) is 20.0. The number of aryl methyl sites for hydroxylation is 1. The summed E-state index contributed by atoms with van der Waals surface area (Å²) < 4.78 is 35.2. The average molecular weight is 517 g/mol. The zero-order valence-electron chi connectivity index (χ0n) is 20.0. The van der Waals surface area contributed by atoms with Gasteiger partial charge < -0.3 is 4.74 Å². The normalized spacial score (nSPS) is 11.2. The molecule has 3 aromatic carbocycles. The molecule has 0 radical (unpaired) electrons. The molecule has 11 heteroatoms. The van der Waals surface area contributed by atoms with E-state index in [0.29, 0.717) is 22.7 Å². The second kappa shape index (κ2) is 10.1. The minimum atomic E-state index is -2.69. The zero-order chi connectivity index (χ0) is 26.8. The molecule has 5 rings (SSSR count). The maximum Gasteiger partial charge on any atom is 0.345 e. The van der Waals surface area contributed by atoms with E-state index in [1.165, 1.54) is 23.0 Å². The number of halogens is 2. The first-order valence-electron chi connectivity index (χ1n) is 11.5. The molecule has 0 spiro atoms. The maximum atomic E-state index is 13.4. The van der Waals surface area contributed by atoms with Crippen LogP contribution in [0.3, 0.4) is 0 Å². The summed E-state index contributed by atoms with van der Waals surface area (Å²) >= 11 is 0. The minimum absolute atomic E-state index is 0.00685. The molecule has 0 bridgehead atoms. The Morgan fingerprint density at radius 2 is 1.61 bits per heavy atom. The van der Waals surface area contributed by atoms with Crippen molar-refractivity contribution in [2.45, 2.75) is 19.9 Å². The van der Waals surface area contributed by atoms with Crippen LogP contribution in [0.5, 0.6) is 11.5 Å². The van der Waals surface area contributed by atoms with Crippen LogP contribution in [0.2, 0.25) is 0 Å². The molecule has 192 valence electrons. The van der Waals surface area contributed by atoms with E-state index >= 15 is 0 Å². The van der Waals surface area contributed by atoms with Gasteiger partial charge in [0.1, 0.15) is 11.5 Å². The van der Waals surface area contributed by atoms with Gasteiger partial charge in [0.2, 0.25) is 0 Å². The third-order valence-electron chi connectivity index (χ3n) is 5.77. The molecule has 0 aliphatic rings. The third kappa shape index (κ3) is 4.94. The van der Waals surface area contributed by atoms with Crippen molar-refractivity contribution in [1.82, 2.24) is 23.9 Å². The predicted octanol–water partition coefficient (Wildman–Crippen LogP) is 3.96. The fourth-order valence-corrected chi connectivity index (χ4v) is 4.00. The Bertz CT molecular complexity index is 1790. The van der Waals surface area contributed by atoms with Gasteiger partial charge in [-0.25, -0.2) is 32.3 Å². The number of para-hydroxylation sites is 1. The molecule has 1 N–H and O–H groups in total. The summed E-state index contributed by atoms with van der Waals surface area (Å²) in [5, 5.41) is 3.99. The van der Waals surface area contributed by atoms with Gasteiger partial charge in [-0.1, -0.05) is 30.3 Å². The highest BCUT2D eigenvalue weighted by molar-refractivity contribution is 5.46. The van der Waals surface area contributed by atoms with Gasteiger partial charge in [-0.2, -0.15) is 5.10 Å². The van der Waals surface area contributed by atoms with E-state index in [2.05, 4.69) is 10.1 Å². The number of hydrogen-bond donors (Lipinski definition) is 1. The number of aromatic amines is 1. The van der Waals surface area contributed by atoms with Crippen LogP contribution in [-0.4, -0.2) is 23.9 Å². The first kappa shape index (κ1) is 24.6. The van der Waals surface area contributed by atoms with E-state index in [4.69, 9.17) is 4.74 Å². The molecule has 9 nitrogen and oxygen atoms in total. The summed E-state index contributed by atoms with van der Waals surface area (Å²) in [5.74, 6) is 0.892. The number of aromatic nitrogens is 5. The molecule has 0 saturated carbocycles. The van der Waals surface area contributed by atoms with Crippen molar-refractivity contribution < 1.29 is 13.5 Å². The number of nitrogens with one attached hydrogen (secondary N) is 1. The lowest BCUT2D eigenvalue weighted by atomic mass is 10.1. The molecule has 0 saturated heterocycles. The van der Waals surface area contributed by atoms with Gasteiger partial charge in [-0.15, -0.1) is 0 Å². The van der Waals surface area contributed by atoms with Gasteiger partial charge in [-0.05, 0) is 55.0 Å². The van der Waals surface area contributed by atoms with Crippen LogP contribution >= 0.6 is 0 Å². The Balaban J connectivity index is 1.64. The number of ether oxygens (including phenoxy) is 1. The summed E-state index contributed by atoms with van der Waals surface area (Å²) in [6.07, 6.45) is -0.408. The predicted molar refractivity (Wildman–Crippen MR) is 136 cm³/mol. The van der Waals surface area contributed by atoms with Crippen molar-refractivity contribution in [2.24, 2.45) is 0 Å². The molecule has 0 aliphatic carbocycles. The first-order valence-corrected chi connectivity index (χ1v) is 11.5. The molecule has 0 aliphatic heterocycles. The van der Waals surface area contributed by atoms with Gasteiger partial charge >= 0.3 is 17.1 Å². The monoisotopic (exact) mass is 517 g/mol. The number of benzene rings is 3. The Hall–Kier alpha value is -5.06. The Morgan fingerprint density at radius 1 is 0.895 bits per heavy atom. The van der Waals surface area contributed by atoms with Crippen molar-refractivity contribution in [3.05, 3.63) is 133 Å². The van der Waals surface area contributed by atoms with Gasteiger partial charge in [0.25, 0.3) is 6.43 Å². The van der Waals surface area contributed by atoms with Crippen molar-refractivity contribution in [1.29, 1.82) is 0 Å². The molecule has 0 unspecified atom stereocenters. The van der Waals surface area contributed by atoms with E-state index in [-0.39, 0.29) is 17.8 Å². The van der Waals surface area contributed by atoms with Crippen molar-refractivity contribution in [2.75, 3.05) is 0 Å². The van der Waals surface area contributed by atoms with Crippen molar-refractivity contribution in [3.8, 4) is 22.9 Å². The van der Waals surface area contributed by atoms with Crippen LogP contribution in [0.4, 0.5) is 8.78 Å². The molecule has 2 aromatic heterocycles. The quantitative estimate of drug-likeness (QED) is 0.352. The molecule has 0 fully saturated rings. The molecule has 0 amide bonds. The van der Waals surface area contributed by atoms with Gasteiger partial charge in [0.15, 0.2) is 0 Å². The summed E-state index contributed by atoms with van der Waals surface area (Å²) in [4.78, 5) is 41.0. The SMILES string of the molecule is Cc1cccc(-n2c(=O)[nH]c(=O)n(-c3ccc(Oc4ccccc4)c(Cn4cc(C(F)F)cn4)c3)c2=O)c1. The highest BCUT2D eigenvalue weighted by Gasteiger charge is 2.17. The van der Waals surface area contributed by atoms with Crippen LogP contribution in [0.1, 0.15) is 23.1 Å². The minimum Gasteiger partial charge on any atom is -0.457 e. The van der Waals surface area contributed by atoms with Crippen LogP contribution in [0, 0.1) is 6.92 Å². The lowest BCUT2D eigenvalue weighted by molar-refractivity contribution is 0.151. The van der Waals surface area contributed by atoms with E-state index in [1.54, 1.807) is 48.5 Å². The second-order valence-electron chi connectivity index (χ2n) is 8.51. The van der Waals surface area contributed by atoms with E-state index in [0.717, 1.165) is 20.9 Å². The van der Waals surface area contributed by atoms with E-state index in [9.17, 15) is 23.2 Å². The van der Waals surface area contributed by atoms with Crippen LogP contribution < -0.4 is 21.8 Å². The van der Waals surface area contributed by atoms with Crippen LogP contribution in [0.25, 0.3) is 11.4 Å². The highest BCUT2D eigenvalue weighted by Crippen LogP contribution is 2.28. The van der Waals surface area contributed by atoms with Crippen molar-refractivity contribution in [3.63, 3.8) is 0 Å². The molecule has 0 atom stereocenters. The number of alkyl halides is 2. The number of rotatable bonds is 7. The van der Waals surface area contributed by atoms with Gasteiger partial charge in [-0.3, -0.25) is 9.67 Å². The fourth-order valence-electron chi connectivity index (χ4n) is 4.00. The smallest absolute Gasteiger partial charge is 0.345 e. The molecule has 5 aromatic rings. The summed E-state index contributed by atoms with van der Waals surface area (Å²) in [7, 11) is 0. The molecule has 38 heavy (non-hydrogen) atoms. The van der Waals surface area contributed by atoms with Gasteiger partial charge in [0.05, 0.1) is 29.7 Å². The first-order chi connectivity index (χ1) is 18.3. The van der Waals surface area contributed by atoms with Gasteiger partial charge in [0, 0.05) is 11.8 Å². The standard InChI is InChI=1S/C27H21F2N5O4/c1-17-6-5-7-20(12-17)33-25(35)31-26(36)34(27(33)37)21-10-11-23(38-22-8-3-2-4-9-22)18(13-21)15-32-16-19(14-30-32)24(28)29/h2-14,16,24H,15H2,1H3,(H,31,35,36). The Morgan fingerprint density at radius 3 is 2.26 bits per heavy atom. The average Bonchev–Trinajstić information content (AvgIpc) is 3.35. The number of nitrogens with zero attached hydrogens (tertiary/aromatic N) is 4. The maximum absolute atomic E-state index is 13.4. The Labute approximate surface area is 213 Å². The second-order valence-corrected chi connectivity index (χ2v) is 8.51. The summed E-state index contributed by atoms with van der Waals surface area (Å²) in [5.41, 5.74) is -1.20. The topological polar surface area (TPSA) is 104 Å². The van der Waals surface area contributed by atoms with Crippen LogP contribution in [0.15, 0.2) is 99.6 Å². The lowest BCUT2D eigenvalue weighted by Gasteiger charge is -2.15. The molecular weight excluding hydrogens is 496 g/mol. The summed E-state index contributed by atoms with van der Waals surface area (Å²) in [6.45, 7) is 1.82. The largest absolute Gasteiger partial charge is 0.457 e. The fraction of sp³-hybridized carbons (Fsp3) is 0.111. The third-order valence-corrected chi connectivity index (χ3v) is 5.77. The van der Waals surface area contributed by atoms with Crippen LogP contribution in [-0.2, 0) is 6.54 Å². The summed E-state index contributed by atoms with van der Waals surface area (Å²) in [6, 6.07) is 20.2. The number of hydrogen-bond acceptors (Lipinski definition) is 5. The molecular formula is C27H21F2N5O4. The highest BCUT2D eigenvalue weighted by atomic mass is 19.3.